The van der Waals surface area contributed by atoms with Crippen LogP contribution in [0.2, 0.25) is 0 Å². The predicted octanol–water partition coefficient (Wildman–Crippen LogP) is 0.127. The molecule has 0 aliphatic carbocycles. The van der Waals surface area contributed by atoms with Crippen LogP contribution in [0.25, 0.3) is 0 Å². The van der Waals surface area contributed by atoms with Crippen LogP contribution in [-0.2, 0) is 21.2 Å². The number of hydrogen-bond donors (Lipinski definition) is 2. The van der Waals surface area contributed by atoms with Gasteiger partial charge in [0.1, 0.15) is 5.76 Å². The van der Waals surface area contributed by atoms with Gasteiger partial charge in [-0.2, -0.15) is 0 Å². The number of amides is 1. The van der Waals surface area contributed by atoms with Crippen LogP contribution >= 0.6 is 0 Å². The summed E-state index contributed by atoms with van der Waals surface area (Å²) in [5.41, 5.74) is 0.393. The highest BCUT2D eigenvalue weighted by Crippen LogP contribution is 2.23. The maximum atomic E-state index is 12.5. The highest BCUT2D eigenvalue weighted by molar-refractivity contribution is 7.88. The lowest BCUT2D eigenvalue weighted by atomic mass is 9.95. The van der Waals surface area contributed by atoms with E-state index in [1.54, 1.807) is 18.7 Å². The summed E-state index contributed by atoms with van der Waals surface area (Å²) in [5, 5.41) is 14.4. The van der Waals surface area contributed by atoms with Crippen molar-refractivity contribution in [2.45, 2.75) is 45.1 Å². The molecule has 0 radical (unpaired) electrons. The Hall–Kier alpha value is -1.45. The van der Waals surface area contributed by atoms with Gasteiger partial charge in [0, 0.05) is 25.2 Å². The van der Waals surface area contributed by atoms with Crippen molar-refractivity contribution in [3.8, 4) is 0 Å². The molecule has 0 bridgehead atoms. The standard InChI is InChI=1S/C15H25N3O5S/c1-11-13(12(2)23-17-11)9-14(19)18-7-4-5-15(20,6-8-18)10-16-24(3,21)22/h16,20H,4-10H2,1-3H3/t15-/m1/s1. The number of sulfonamides is 1. The average molecular weight is 359 g/mol. The third-order valence-electron chi connectivity index (χ3n) is 4.44. The molecule has 1 aromatic heterocycles. The Kier molecular flexibility index (Phi) is 5.67. The number of hydrogen-bond acceptors (Lipinski definition) is 6. The van der Waals surface area contributed by atoms with Crippen molar-refractivity contribution in [3.05, 3.63) is 17.0 Å². The number of rotatable bonds is 5. The molecule has 2 rings (SSSR count). The quantitative estimate of drug-likeness (QED) is 0.772. The summed E-state index contributed by atoms with van der Waals surface area (Å²) in [7, 11) is -3.36. The van der Waals surface area contributed by atoms with Crippen LogP contribution in [0.4, 0.5) is 0 Å². The van der Waals surface area contributed by atoms with Gasteiger partial charge in [-0.25, -0.2) is 13.1 Å². The van der Waals surface area contributed by atoms with Gasteiger partial charge in [0.05, 0.1) is 24.0 Å². The molecule has 1 amide bonds. The zero-order valence-corrected chi connectivity index (χ0v) is 15.1. The van der Waals surface area contributed by atoms with Gasteiger partial charge in [0.25, 0.3) is 0 Å². The van der Waals surface area contributed by atoms with Crippen molar-refractivity contribution in [3.63, 3.8) is 0 Å². The lowest BCUT2D eigenvalue weighted by Crippen LogP contribution is -2.43. The number of aryl methyl sites for hydroxylation is 2. The van der Waals surface area contributed by atoms with Crippen LogP contribution < -0.4 is 4.72 Å². The fraction of sp³-hybridized carbons (Fsp3) is 0.733. The van der Waals surface area contributed by atoms with E-state index in [1.807, 2.05) is 0 Å². The second-order valence-electron chi connectivity index (χ2n) is 6.53. The Balaban J connectivity index is 1.96. The molecule has 8 nitrogen and oxygen atoms in total. The van der Waals surface area contributed by atoms with E-state index < -0.39 is 15.6 Å². The predicted molar refractivity (Wildman–Crippen MR) is 87.9 cm³/mol. The summed E-state index contributed by atoms with van der Waals surface area (Å²) in [5.74, 6) is 0.606. The SMILES string of the molecule is Cc1noc(C)c1CC(=O)N1CCC[C@](O)(CNS(C)(=O)=O)CC1. The van der Waals surface area contributed by atoms with E-state index in [1.165, 1.54) is 0 Å². The number of carbonyl (C=O) groups is 1. The maximum Gasteiger partial charge on any atom is 0.227 e. The monoisotopic (exact) mass is 359 g/mol. The summed E-state index contributed by atoms with van der Waals surface area (Å²) in [4.78, 5) is 14.2. The first-order valence-electron chi connectivity index (χ1n) is 7.96. The fourth-order valence-corrected chi connectivity index (χ4v) is 3.42. The minimum absolute atomic E-state index is 0.0300. The maximum absolute atomic E-state index is 12.5. The molecule has 0 unspecified atom stereocenters. The lowest BCUT2D eigenvalue weighted by molar-refractivity contribution is -0.130. The van der Waals surface area contributed by atoms with Gasteiger partial charge in [-0.3, -0.25) is 4.79 Å². The highest BCUT2D eigenvalue weighted by Gasteiger charge is 2.32. The van der Waals surface area contributed by atoms with Crippen molar-refractivity contribution in [1.82, 2.24) is 14.8 Å². The molecule has 1 saturated heterocycles. The van der Waals surface area contributed by atoms with Gasteiger partial charge in [0.2, 0.25) is 15.9 Å². The normalized spacial score (nSPS) is 22.4. The van der Waals surface area contributed by atoms with Gasteiger partial charge in [0.15, 0.2) is 0 Å². The molecule has 1 fully saturated rings. The van der Waals surface area contributed by atoms with Crippen LogP contribution in [0.5, 0.6) is 0 Å². The molecule has 136 valence electrons. The summed E-state index contributed by atoms with van der Waals surface area (Å²) in [6, 6.07) is 0. The third kappa shape index (κ3) is 5.02. The van der Waals surface area contributed by atoms with Gasteiger partial charge in [-0.1, -0.05) is 5.16 Å². The molecular weight excluding hydrogens is 334 g/mol. The molecule has 0 saturated carbocycles. The Morgan fingerprint density at radius 2 is 2.08 bits per heavy atom. The van der Waals surface area contributed by atoms with Crippen LogP contribution in [0, 0.1) is 13.8 Å². The van der Waals surface area contributed by atoms with E-state index in [0.717, 1.165) is 11.8 Å². The van der Waals surface area contributed by atoms with Gasteiger partial charge < -0.3 is 14.5 Å². The van der Waals surface area contributed by atoms with Crippen molar-refractivity contribution in [2.24, 2.45) is 0 Å². The molecule has 9 heteroatoms. The highest BCUT2D eigenvalue weighted by atomic mass is 32.2. The second kappa shape index (κ2) is 7.20. The Bertz CT molecular complexity index is 680. The fourth-order valence-electron chi connectivity index (χ4n) is 2.89. The third-order valence-corrected chi connectivity index (χ3v) is 5.11. The second-order valence-corrected chi connectivity index (χ2v) is 8.36. The molecule has 1 aliphatic rings. The first-order chi connectivity index (χ1) is 11.1. The summed E-state index contributed by atoms with van der Waals surface area (Å²) >= 11 is 0. The van der Waals surface area contributed by atoms with E-state index in [0.29, 0.717) is 43.8 Å². The van der Waals surface area contributed by atoms with Crippen LogP contribution in [0.3, 0.4) is 0 Å². The molecule has 1 aromatic rings. The number of likely N-dealkylation sites (tertiary alicyclic amines) is 1. The molecule has 24 heavy (non-hydrogen) atoms. The number of aromatic nitrogens is 1. The largest absolute Gasteiger partial charge is 0.388 e. The Labute approximate surface area is 142 Å². The summed E-state index contributed by atoms with van der Waals surface area (Å²) in [6.45, 7) is 4.49. The molecule has 1 aliphatic heterocycles. The van der Waals surface area contributed by atoms with Crippen LogP contribution in [0.1, 0.15) is 36.3 Å². The first kappa shape index (κ1) is 18.9. The van der Waals surface area contributed by atoms with Crippen molar-refractivity contribution in [2.75, 3.05) is 25.9 Å². The van der Waals surface area contributed by atoms with Gasteiger partial charge >= 0.3 is 0 Å². The van der Waals surface area contributed by atoms with Gasteiger partial charge in [-0.15, -0.1) is 0 Å². The Morgan fingerprint density at radius 3 is 2.67 bits per heavy atom. The summed E-state index contributed by atoms with van der Waals surface area (Å²) in [6.07, 6.45) is 2.69. The number of carbonyl (C=O) groups excluding carboxylic acids is 1. The smallest absolute Gasteiger partial charge is 0.227 e. The van der Waals surface area contributed by atoms with Gasteiger partial charge in [-0.05, 0) is 33.1 Å². The first-order valence-corrected chi connectivity index (χ1v) is 9.85. The molecule has 2 N–H and O–H groups in total. The minimum atomic E-state index is -3.36. The number of nitrogens with zero attached hydrogens (tertiary/aromatic N) is 2. The van der Waals surface area contributed by atoms with Crippen LogP contribution in [-0.4, -0.2) is 61.0 Å². The zero-order chi connectivity index (χ0) is 18.0. The van der Waals surface area contributed by atoms with E-state index in [2.05, 4.69) is 9.88 Å². The van der Waals surface area contributed by atoms with E-state index in [9.17, 15) is 18.3 Å². The van der Waals surface area contributed by atoms with Crippen LogP contribution in [0.15, 0.2) is 4.52 Å². The van der Waals surface area contributed by atoms with Crippen molar-refractivity contribution >= 4 is 15.9 Å². The van der Waals surface area contributed by atoms with Crippen molar-refractivity contribution < 1.29 is 22.8 Å². The minimum Gasteiger partial charge on any atom is -0.388 e. The molecule has 0 aromatic carbocycles. The average Bonchev–Trinajstić information content (AvgIpc) is 2.70. The van der Waals surface area contributed by atoms with E-state index >= 15 is 0 Å². The number of aliphatic hydroxyl groups is 1. The molecular formula is C15H25N3O5S. The molecule has 0 spiro atoms. The topological polar surface area (TPSA) is 113 Å². The lowest BCUT2D eigenvalue weighted by Gasteiger charge is -2.26. The van der Waals surface area contributed by atoms with E-state index in [-0.39, 0.29) is 18.9 Å². The Morgan fingerprint density at radius 1 is 1.38 bits per heavy atom. The zero-order valence-electron chi connectivity index (χ0n) is 14.3. The summed E-state index contributed by atoms with van der Waals surface area (Å²) < 4.78 is 29.9. The van der Waals surface area contributed by atoms with Crippen molar-refractivity contribution in [1.29, 1.82) is 0 Å². The number of nitrogens with one attached hydrogen (secondary N) is 1. The van der Waals surface area contributed by atoms with E-state index in [4.69, 9.17) is 4.52 Å². The molecule has 1 atom stereocenters. The molecule has 2 heterocycles.